The predicted molar refractivity (Wildman–Crippen MR) is 95.6 cm³/mol. The fourth-order valence-electron chi connectivity index (χ4n) is 1.98. The van der Waals surface area contributed by atoms with Crippen molar-refractivity contribution in [2.24, 2.45) is 0 Å². The molecule has 24 heavy (non-hydrogen) atoms. The number of anilines is 2. The fraction of sp³-hybridized carbons (Fsp3) is 0.188. The molecule has 3 aromatic rings. The molecule has 2 aromatic heterocycles. The van der Waals surface area contributed by atoms with Gasteiger partial charge in [-0.15, -0.1) is 10.2 Å². The van der Waals surface area contributed by atoms with Gasteiger partial charge in [-0.1, -0.05) is 41.3 Å². The third-order valence-corrected chi connectivity index (χ3v) is 5.08. The first-order valence-corrected chi connectivity index (χ1v) is 9.12. The smallest absolute Gasteiger partial charge is 0.231 e. The van der Waals surface area contributed by atoms with Gasteiger partial charge in [-0.3, -0.25) is 4.79 Å². The summed E-state index contributed by atoms with van der Waals surface area (Å²) in [6.45, 7) is 1.88. The zero-order valence-corrected chi connectivity index (χ0v) is 14.6. The second-order valence-electron chi connectivity index (χ2n) is 4.96. The van der Waals surface area contributed by atoms with Crippen molar-refractivity contribution in [2.75, 3.05) is 11.1 Å². The maximum absolute atomic E-state index is 12.0. The maximum Gasteiger partial charge on any atom is 0.231 e. The van der Waals surface area contributed by atoms with Crippen LogP contribution in [0.4, 0.5) is 10.8 Å². The van der Waals surface area contributed by atoms with E-state index in [1.165, 1.54) is 23.1 Å². The zero-order valence-electron chi connectivity index (χ0n) is 12.9. The van der Waals surface area contributed by atoms with Crippen LogP contribution in [0.3, 0.4) is 0 Å². The summed E-state index contributed by atoms with van der Waals surface area (Å²) in [5, 5.41) is 14.9. The number of rotatable bonds is 7. The van der Waals surface area contributed by atoms with Crippen LogP contribution in [0.25, 0.3) is 0 Å². The van der Waals surface area contributed by atoms with E-state index >= 15 is 0 Å². The molecule has 2 N–H and O–H groups in total. The summed E-state index contributed by atoms with van der Waals surface area (Å²) >= 11 is 2.78. The summed E-state index contributed by atoms with van der Waals surface area (Å²) in [5.74, 6) is 0.945. The number of hydrogen-bond acceptors (Lipinski definition) is 7. The van der Waals surface area contributed by atoms with Gasteiger partial charge in [0.15, 0.2) is 4.34 Å². The van der Waals surface area contributed by atoms with Crippen LogP contribution >= 0.6 is 23.1 Å². The molecule has 2 heterocycles. The summed E-state index contributed by atoms with van der Waals surface area (Å²) < 4.78 is 6.01. The van der Waals surface area contributed by atoms with Crippen LogP contribution in [-0.2, 0) is 4.79 Å². The van der Waals surface area contributed by atoms with Gasteiger partial charge in [-0.05, 0) is 31.2 Å². The molecule has 0 aliphatic carbocycles. The number of aromatic nitrogens is 2. The van der Waals surface area contributed by atoms with E-state index in [-0.39, 0.29) is 17.7 Å². The van der Waals surface area contributed by atoms with Crippen molar-refractivity contribution in [3.05, 3.63) is 54.5 Å². The third-order valence-electron chi connectivity index (χ3n) is 3.11. The van der Waals surface area contributed by atoms with Crippen LogP contribution < -0.4 is 10.6 Å². The highest BCUT2D eigenvalue weighted by Crippen LogP contribution is 2.27. The number of carbonyl (C=O) groups excluding carboxylic acids is 1. The van der Waals surface area contributed by atoms with Crippen molar-refractivity contribution in [1.29, 1.82) is 0 Å². The molecular formula is C16H16N4O2S2. The molecule has 1 amide bonds. The Balaban J connectivity index is 1.47. The third kappa shape index (κ3) is 4.59. The van der Waals surface area contributed by atoms with E-state index in [0.29, 0.717) is 5.13 Å². The average molecular weight is 360 g/mol. The number of para-hydroxylation sites is 1. The number of furan rings is 1. The number of nitrogens with zero attached hydrogens (tertiary/aromatic N) is 2. The molecule has 0 spiro atoms. The summed E-state index contributed by atoms with van der Waals surface area (Å²) in [6, 6.07) is 13.2. The number of carbonyl (C=O) groups is 1. The van der Waals surface area contributed by atoms with Gasteiger partial charge in [0.2, 0.25) is 11.0 Å². The topological polar surface area (TPSA) is 80.0 Å². The van der Waals surface area contributed by atoms with Gasteiger partial charge in [0.05, 0.1) is 18.1 Å². The number of amides is 1. The average Bonchev–Trinajstić information content (AvgIpc) is 3.26. The molecule has 1 aromatic carbocycles. The van der Waals surface area contributed by atoms with Crippen molar-refractivity contribution in [2.45, 2.75) is 17.3 Å². The first-order valence-electron chi connectivity index (χ1n) is 7.32. The molecule has 0 bridgehead atoms. The number of hydrogen-bond donors (Lipinski definition) is 2. The van der Waals surface area contributed by atoms with Crippen LogP contribution in [0.1, 0.15) is 18.7 Å². The van der Waals surface area contributed by atoms with Crippen molar-refractivity contribution in [1.82, 2.24) is 15.5 Å². The monoisotopic (exact) mass is 360 g/mol. The van der Waals surface area contributed by atoms with Crippen molar-refractivity contribution in [3.63, 3.8) is 0 Å². The summed E-state index contributed by atoms with van der Waals surface area (Å²) in [5.41, 5.74) is 0.954. The minimum atomic E-state index is -0.155. The lowest BCUT2D eigenvalue weighted by Gasteiger charge is -2.10. The lowest BCUT2D eigenvalue weighted by Crippen LogP contribution is -2.27. The normalized spacial score (nSPS) is 11.9. The van der Waals surface area contributed by atoms with Crippen LogP contribution in [0, 0.1) is 0 Å². The molecule has 0 saturated heterocycles. The Morgan fingerprint density at radius 2 is 2.08 bits per heavy atom. The summed E-state index contributed by atoms with van der Waals surface area (Å²) in [7, 11) is 0. The Kier molecular flexibility index (Phi) is 5.50. The Bertz CT molecular complexity index is 774. The van der Waals surface area contributed by atoms with Crippen molar-refractivity contribution in [3.8, 4) is 0 Å². The molecule has 0 aliphatic heterocycles. The second kappa shape index (κ2) is 7.98. The van der Waals surface area contributed by atoms with Crippen LogP contribution in [0.15, 0.2) is 57.5 Å². The highest BCUT2D eigenvalue weighted by molar-refractivity contribution is 8.01. The minimum absolute atomic E-state index is 0.0725. The van der Waals surface area contributed by atoms with Crippen LogP contribution in [0.5, 0.6) is 0 Å². The van der Waals surface area contributed by atoms with E-state index in [0.717, 1.165) is 15.8 Å². The predicted octanol–water partition coefficient (Wildman–Crippen LogP) is 3.84. The van der Waals surface area contributed by atoms with Gasteiger partial charge in [0.25, 0.3) is 0 Å². The SMILES string of the molecule is C[C@H](NC(=O)CSc1nnc(Nc2ccccc2)s1)c1ccco1. The van der Waals surface area contributed by atoms with Gasteiger partial charge in [-0.25, -0.2) is 0 Å². The number of nitrogens with one attached hydrogen (secondary N) is 2. The molecule has 0 unspecified atom stereocenters. The Hall–Kier alpha value is -2.32. The molecule has 3 rings (SSSR count). The van der Waals surface area contributed by atoms with Gasteiger partial charge in [-0.2, -0.15) is 0 Å². The van der Waals surface area contributed by atoms with Gasteiger partial charge in [0.1, 0.15) is 5.76 Å². The second-order valence-corrected chi connectivity index (χ2v) is 7.16. The molecule has 6 nitrogen and oxygen atoms in total. The van der Waals surface area contributed by atoms with Crippen LogP contribution in [0.2, 0.25) is 0 Å². The van der Waals surface area contributed by atoms with E-state index in [4.69, 9.17) is 4.42 Å². The molecule has 0 aliphatic rings. The molecule has 8 heteroatoms. The highest BCUT2D eigenvalue weighted by atomic mass is 32.2. The minimum Gasteiger partial charge on any atom is -0.467 e. The lowest BCUT2D eigenvalue weighted by molar-refractivity contribution is -0.119. The quantitative estimate of drug-likeness (QED) is 0.623. The van der Waals surface area contributed by atoms with Gasteiger partial charge >= 0.3 is 0 Å². The molecule has 0 fully saturated rings. The molecule has 0 saturated carbocycles. The van der Waals surface area contributed by atoms with E-state index in [1.807, 2.05) is 43.3 Å². The van der Waals surface area contributed by atoms with Gasteiger partial charge < -0.3 is 15.1 Å². The molecule has 124 valence electrons. The number of thioether (sulfide) groups is 1. The maximum atomic E-state index is 12.0. The Morgan fingerprint density at radius 1 is 1.25 bits per heavy atom. The summed E-state index contributed by atoms with van der Waals surface area (Å²) in [6.07, 6.45) is 1.59. The van der Waals surface area contributed by atoms with Crippen LogP contribution in [-0.4, -0.2) is 21.9 Å². The molecule has 1 atom stereocenters. The highest BCUT2D eigenvalue weighted by Gasteiger charge is 2.13. The van der Waals surface area contributed by atoms with Crippen molar-refractivity contribution < 1.29 is 9.21 Å². The Morgan fingerprint density at radius 3 is 2.83 bits per heavy atom. The molecule has 0 radical (unpaired) electrons. The number of benzene rings is 1. The van der Waals surface area contributed by atoms with E-state index in [9.17, 15) is 4.79 Å². The van der Waals surface area contributed by atoms with Crippen molar-refractivity contribution >= 4 is 39.8 Å². The first kappa shape index (κ1) is 16.5. The standard InChI is InChI=1S/C16H16N4O2S2/c1-11(13-8-5-9-22-13)17-14(21)10-23-16-20-19-15(24-16)18-12-6-3-2-4-7-12/h2-9,11H,10H2,1H3,(H,17,21)(H,18,19)/t11-/m0/s1. The molecular weight excluding hydrogens is 344 g/mol. The largest absolute Gasteiger partial charge is 0.467 e. The fourth-order valence-corrected chi connectivity index (χ4v) is 3.57. The van der Waals surface area contributed by atoms with E-state index < -0.39 is 0 Å². The van der Waals surface area contributed by atoms with E-state index in [1.54, 1.807) is 12.3 Å². The summed E-state index contributed by atoms with van der Waals surface area (Å²) in [4.78, 5) is 12.0. The zero-order chi connectivity index (χ0) is 16.8. The van der Waals surface area contributed by atoms with Gasteiger partial charge in [0, 0.05) is 5.69 Å². The first-order chi connectivity index (χ1) is 11.7. The lowest BCUT2D eigenvalue weighted by atomic mass is 10.2. The Labute approximate surface area is 147 Å². The van der Waals surface area contributed by atoms with E-state index in [2.05, 4.69) is 20.8 Å².